The maximum atomic E-state index is 10.3. The van der Waals surface area contributed by atoms with Gasteiger partial charge in [0, 0.05) is 12.4 Å². The first-order valence-corrected chi connectivity index (χ1v) is 13.1. The van der Waals surface area contributed by atoms with Gasteiger partial charge in [-0.05, 0) is 0 Å². The average Bonchev–Trinajstić information content (AvgIpc) is 2.58. The van der Waals surface area contributed by atoms with E-state index in [0.29, 0.717) is 0 Å². The van der Waals surface area contributed by atoms with E-state index in [0.717, 1.165) is 0 Å². The minimum Gasteiger partial charge on any atom is -0.550 e. The molecule has 0 bridgehead atoms. The van der Waals surface area contributed by atoms with Crippen LogP contribution in [0.25, 0.3) is 0 Å². The molecule has 11 nitrogen and oxygen atoms in total. The molecule has 0 saturated heterocycles. The van der Waals surface area contributed by atoms with E-state index in [1.54, 1.807) is 0 Å². The van der Waals surface area contributed by atoms with Gasteiger partial charge in [-0.25, -0.2) is 4.79 Å². The number of unbranched alkanes of at least 4 members (excludes halogenated alkanes) is 9. The molecule has 0 aromatic carbocycles. The molecule has 5 N–H and O–H groups in total. The quantitative estimate of drug-likeness (QED) is 0.0960. The van der Waals surface area contributed by atoms with Crippen LogP contribution in [0.3, 0.4) is 0 Å². The van der Waals surface area contributed by atoms with Crippen molar-refractivity contribution in [1.29, 1.82) is 0 Å². The molecule has 0 aromatic heterocycles. The predicted octanol–water partition coefficient (Wildman–Crippen LogP) is -1.74. The second-order valence-electron chi connectivity index (χ2n) is 7.09. The fourth-order valence-corrected chi connectivity index (χ4v) is 2.94. The first-order chi connectivity index (χ1) is 14.2. The maximum absolute atomic E-state index is 10.3. The Morgan fingerprint density at radius 1 is 0.844 bits per heavy atom. The van der Waals surface area contributed by atoms with Gasteiger partial charge >= 0.3 is 155 Å². The molecular weight excluding hydrogens is 470 g/mol. The third-order valence-corrected chi connectivity index (χ3v) is 4.69. The van der Waals surface area contributed by atoms with Crippen molar-refractivity contribution in [2.45, 2.75) is 93.2 Å². The second-order valence-corrected chi connectivity index (χ2v) is 8.98. The van der Waals surface area contributed by atoms with Gasteiger partial charge in [-0.3, -0.25) is 13.9 Å². The van der Waals surface area contributed by atoms with Gasteiger partial charge in [-0.15, -0.1) is 0 Å². The van der Waals surface area contributed by atoms with E-state index in [1.807, 2.05) is 0 Å². The summed E-state index contributed by atoms with van der Waals surface area (Å²) in [4.78, 5) is 30.3. The zero-order valence-corrected chi connectivity index (χ0v) is 24.1. The molecule has 14 heteroatoms. The van der Waals surface area contributed by atoms with E-state index in [2.05, 4.69) is 6.92 Å². The number of hydrogen-bond donors (Lipinski definition) is 5. The van der Waals surface area contributed by atoms with Crippen LogP contribution in [0.2, 0.25) is 3.67 Å². The molecule has 0 amide bonds. The molecule has 1 unspecified atom stereocenters. The van der Waals surface area contributed by atoms with Crippen molar-refractivity contribution in [2.24, 2.45) is 0 Å². The molecule has 0 aliphatic carbocycles. The van der Waals surface area contributed by atoms with E-state index < -0.39 is 46.7 Å². The number of hydrogen-bond acceptors (Lipinski definition) is 7. The molecule has 180 valence electrons. The van der Waals surface area contributed by atoms with Gasteiger partial charge in [0.2, 0.25) is 0 Å². The van der Waals surface area contributed by atoms with Crippen molar-refractivity contribution in [1.82, 2.24) is 0 Å². The summed E-state index contributed by atoms with van der Waals surface area (Å²) in [5, 5.41) is 35.5. The molecule has 1 atom stereocenters. The Labute approximate surface area is 229 Å². The predicted molar refractivity (Wildman–Crippen MR) is 111 cm³/mol. The Hall–Kier alpha value is 0.240. The number of carboxylic acid groups (broad SMARTS) is 3. The first kappa shape index (κ1) is 39.5. The minimum absolute atomic E-state index is 0. The Morgan fingerprint density at radius 2 is 1.19 bits per heavy atom. The van der Waals surface area contributed by atoms with Crippen molar-refractivity contribution in [2.75, 3.05) is 0 Å². The van der Waals surface area contributed by atoms with Crippen LogP contribution in [0, 0.1) is 0 Å². The summed E-state index contributed by atoms with van der Waals surface area (Å²) in [5.74, 6) is -5.34. The normalized spacial score (nSPS) is 12.1. The number of carbonyl (C=O) groups is 3. The molecule has 32 heavy (non-hydrogen) atoms. The fourth-order valence-electron chi connectivity index (χ4n) is 2.44. The van der Waals surface area contributed by atoms with Crippen LogP contribution in [0.4, 0.5) is 0 Å². The fraction of sp³-hybridized carbons (Fsp3) is 0.833. The molecule has 0 saturated carbocycles. The molecular formula is C18H34Na2O11S. The Kier molecular flexibility index (Phi) is 30.0. The van der Waals surface area contributed by atoms with Crippen LogP contribution < -0.4 is 34.7 Å². The van der Waals surface area contributed by atoms with Gasteiger partial charge in [0.05, 0.1) is 6.42 Å². The number of carbonyl (C=O) groups excluding carboxylic acids is 1. The minimum atomic E-state index is -4.67. The van der Waals surface area contributed by atoms with Crippen molar-refractivity contribution >= 4 is 56.2 Å². The van der Waals surface area contributed by atoms with Gasteiger partial charge < -0.3 is 25.2 Å². The summed E-state index contributed by atoms with van der Waals surface area (Å²) in [6.45, 7) is 2.29. The number of carboxylic acids is 3. The molecule has 0 aliphatic rings. The monoisotopic (exact) mass is 504 g/mol. The summed E-state index contributed by atoms with van der Waals surface area (Å²) >= 11 is 1.41. The third kappa shape index (κ3) is 37.5. The van der Waals surface area contributed by atoms with Gasteiger partial charge in [-0.2, -0.15) is 8.42 Å². The zero-order chi connectivity index (χ0) is 24.9. The van der Waals surface area contributed by atoms with Crippen LogP contribution in [0.5, 0.6) is 0 Å². The molecule has 0 heterocycles. The maximum Gasteiger partial charge on any atom is 1.00 e. The smallest absolute Gasteiger partial charge is 0.550 e. The topological polar surface area (TPSA) is 210 Å². The van der Waals surface area contributed by atoms with Gasteiger partial charge in [0.25, 0.3) is 0 Å². The van der Waals surface area contributed by atoms with Crippen LogP contribution in [-0.2, 0) is 24.8 Å². The Bertz CT molecular complexity index is 564. The van der Waals surface area contributed by atoms with Crippen LogP contribution in [0.15, 0.2) is 0 Å². The molecule has 0 fully saturated rings. The summed E-state index contributed by atoms with van der Waals surface area (Å²) in [7, 11) is -4.67. The molecule has 0 aromatic rings. The summed E-state index contributed by atoms with van der Waals surface area (Å²) < 4.78 is 33.1. The Balaban J connectivity index is -0.000000198. The van der Waals surface area contributed by atoms with E-state index in [4.69, 9.17) is 32.8 Å². The number of aliphatic hydroxyl groups is 1. The Morgan fingerprint density at radius 3 is 1.44 bits per heavy atom. The van der Waals surface area contributed by atoms with Crippen LogP contribution in [-0.4, -0.2) is 84.3 Å². The average molecular weight is 505 g/mol. The van der Waals surface area contributed by atoms with Crippen LogP contribution >= 0.6 is 0 Å². The van der Waals surface area contributed by atoms with Crippen molar-refractivity contribution < 1.29 is 81.9 Å². The molecule has 0 radical (unpaired) electrons. The molecule has 0 spiro atoms. The van der Waals surface area contributed by atoms with E-state index in [9.17, 15) is 19.5 Å². The summed E-state index contributed by atoms with van der Waals surface area (Å²) in [6, 6.07) is 0. The van der Waals surface area contributed by atoms with Crippen molar-refractivity contribution in [3.8, 4) is 0 Å². The van der Waals surface area contributed by atoms with Crippen molar-refractivity contribution in [3.05, 3.63) is 0 Å². The first-order valence-electron chi connectivity index (χ1n) is 10.3. The van der Waals surface area contributed by atoms with Gasteiger partial charge in [0.15, 0.2) is 5.60 Å². The van der Waals surface area contributed by atoms with E-state index in [1.165, 1.54) is 95.8 Å². The standard InChI is InChI=1S/C12H25.C6H8O7.2Na.H2O4S/c1-3-5-7-9-11-12-10-8-6-4-2;7-3(8)1-6(13,5(11)12)2-4(9)10;;;1-5(2,3)4/h1,3-12H2,2H3;13H,1-2H2,(H,7,8)(H,9,10)(H,11,12);;;(H2,1,2,3,4)/q;;;+1;/p-1. The largest absolute Gasteiger partial charge is 1.00 e. The van der Waals surface area contributed by atoms with Gasteiger partial charge in [-0.1, -0.05) is 0 Å². The molecule has 0 rings (SSSR count). The van der Waals surface area contributed by atoms with E-state index >= 15 is 0 Å². The zero-order valence-electron chi connectivity index (χ0n) is 19.3. The summed E-state index contributed by atoms with van der Waals surface area (Å²) in [5.41, 5.74) is -2.80. The SMILES string of the molecule is CCCCCCCCCCC[CH2][Na].O=C([O-])CC(O)(CC(=O)O)C(=O)O.O=S(=O)(O)O.[Na+]. The number of aliphatic carboxylic acids is 3. The molecule has 0 aliphatic heterocycles. The number of rotatable bonds is 15. The summed E-state index contributed by atoms with van der Waals surface area (Å²) in [6.07, 6.45) is 12.3. The van der Waals surface area contributed by atoms with E-state index in [-0.39, 0.29) is 29.6 Å². The van der Waals surface area contributed by atoms with Crippen LogP contribution in [0.1, 0.15) is 84.0 Å². The second kappa shape index (κ2) is 24.4. The van der Waals surface area contributed by atoms with Gasteiger partial charge in [0.1, 0.15) is 0 Å². The third-order valence-electron chi connectivity index (χ3n) is 3.99. The van der Waals surface area contributed by atoms with Crippen molar-refractivity contribution in [3.63, 3.8) is 0 Å².